The number of piperidine rings is 1. The summed E-state index contributed by atoms with van der Waals surface area (Å²) >= 11 is 0. The zero-order chi connectivity index (χ0) is 16.8. The Morgan fingerprint density at radius 2 is 2.13 bits per heavy atom. The molecule has 2 rings (SSSR count). The van der Waals surface area contributed by atoms with Gasteiger partial charge < -0.3 is 15.5 Å². The molecule has 1 heterocycles. The average Bonchev–Trinajstić information content (AvgIpc) is 2.52. The molecular formula is C18H27N3O2. The number of carbonyl (C=O) groups excluding carboxylic acids is 2. The number of benzene rings is 1. The molecule has 0 unspecified atom stereocenters. The molecule has 1 aliphatic heterocycles. The van der Waals surface area contributed by atoms with Gasteiger partial charge in [0.15, 0.2) is 0 Å². The summed E-state index contributed by atoms with van der Waals surface area (Å²) in [4.78, 5) is 25.9. The Balaban J connectivity index is 1.91. The maximum atomic E-state index is 12.4. The molecular weight excluding hydrogens is 290 g/mol. The zero-order valence-corrected chi connectivity index (χ0v) is 14.3. The van der Waals surface area contributed by atoms with Crippen molar-refractivity contribution >= 4 is 17.5 Å². The van der Waals surface area contributed by atoms with Gasteiger partial charge in [-0.25, -0.2) is 0 Å². The maximum Gasteiger partial charge on any atom is 0.251 e. The van der Waals surface area contributed by atoms with Crippen LogP contribution < -0.4 is 10.6 Å². The van der Waals surface area contributed by atoms with E-state index < -0.39 is 0 Å². The molecule has 1 fully saturated rings. The first-order valence-electron chi connectivity index (χ1n) is 8.38. The van der Waals surface area contributed by atoms with Crippen molar-refractivity contribution in [2.45, 2.75) is 33.6 Å². The molecule has 0 bridgehead atoms. The van der Waals surface area contributed by atoms with E-state index in [2.05, 4.69) is 22.5 Å². The first-order valence-corrected chi connectivity index (χ1v) is 8.38. The third-order valence-corrected chi connectivity index (χ3v) is 4.39. The molecule has 23 heavy (non-hydrogen) atoms. The van der Waals surface area contributed by atoms with Crippen LogP contribution in [0.4, 0.5) is 5.69 Å². The van der Waals surface area contributed by atoms with Crippen LogP contribution in [0.3, 0.4) is 0 Å². The van der Waals surface area contributed by atoms with Crippen molar-refractivity contribution in [2.24, 2.45) is 5.92 Å². The molecule has 5 nitrogen and oxygen atoms in total. The largest absolute Gasteiger partial charge is 0.352 e. The predicted molar refractivity (Wildman–Crippen MR) is 92.7 cm³/mol. The summed E-state index contributed by atoms with van der Waals surface area (Å²) in [5.74, 6) is 0.386. The first kappa shape index (κ1) is 17.5. The first-order chi connectivity index (χ1) is 11.0. The number of aryl methyl sites for hydroxylation is 1. The number of hydrogen-bond acceptors (Lipinski definition) is 3. The monoisotopic (exact) mass is 317 g/mol. The molecule has 0 aromatic heterocycles. The minimum absolute atomic E-state index is 0.0366. The third-order valence-electron chi connectivity index (χ3n) is 4.39. The third kappa shape index (κ3) is 5.06. The summed E-state index contributed by atoms with van der Waals surface area (Å²) in [5.41, 5.74) is 2.26. The van der Waals surface area contributed by atoms with Crippen molar-refractivity contribution in [2.75, 3.05) is 31.5 Å². The van der Waals surface area contributed by atoms with E-state index >= 15 is 0 Å². The lowest BCUT2D eigenvalue weighted by Gasteiger charge is -2.31. The summed E-state index contributed by atoms with van der Waals surface area (Å²) in [6.07, 6.45) is 2.38. The van der Waals surface area contributed by atoms with Crippen LogP contribution in [0.2, 0.25) is 0 Å². The van der Waals surface area contributed by atoms with Crippen molar-refractivity contribution < 1.29 is 9.59 Å². The van der Waals surface area contributed by atoms with Gasteiger partial charge in [0.1, 0.15) is 0 Å². The van der Waals surface area contributed by atoms with Gasteiger partial charge in [0.05, 0.1) is 0 Å². The lowest BCUT2D eigenvalue weighted by molar-refractivity contribution is -0.114. The van der Waals surface area contributed by atoms with E-state index in [9.17, 15) is 9.59 Å². The SMILES string of the molecule is CCN1CCC[C@H](CNC(=O)c2ccc(NC(C)=O)cc2C)C1. The molecule has 0 radical (unpaired) electrons. The molecule has 1 atom stereocenters. The van der Waals surface area contributed by atoms with Crippen molar-refractivity contribution in [3.63, 3.8) is 0 Å². The van der Waals surface area contributed by atoms with Gasteiger partial charge in [-0.05, 0) is 62.5 Å². The molecule has 0 aliphatic carbocycles. The Morgan fingerprint density at radius 3 is 2.78 bits per heavy atom. The number of carbonyl (C=O) groups is 2. The van der Waals surface area contributed by atoms with E-state index in [-0.39, 0.29) is 11.8 Å². The van der Waals surface area contributed by atoms with E-state index in [1.54, 1.807) is 12.1 Å². The van der Waals surface area contributed by atoms with Gasteiger partial charge in [-0.15, -0.1) is 0 Å². The summed E-state index contributed by atoms with van der Waals surface area (Å²) in [7, 11) is 0. The van der Waals surface area contributed by atoms with Crippen LogP contribution in [0.25, 0.3) is 0 Å². The number of likely N-dealkylation sites (tertiary alicyclic amines) is 1. The normalized spacial score (nSPS) is 18.5. The Hall–Kier alpha value is -1.88. The smallest absolute Gasteiger partial charge is 0.251 e. The fraction of sp³-hybridized carbons (Fsp3) is 0.556. The van der Waals surface area contributed by atoms with Gasteiger partial charge in [0.25, 0.3) is 5.91 Å². The van der Waals surface area contributed by atoms with Crippen molar-refractivity contribution in [3.8, 4) is 0 Å². The number of amides is 2. The van der Waals surface area contributed by atoms with E-state index in [1.165, 1.54) is 26.3 Å². The molecule has 0 spiro atoms. The Morgan fingerprint density at radius 1 is 1.35 bits per heavy atom. The topological polar surface area (TPSA) is 61.4 Å². The quantitative estimate of drug-likeness (QED) is 0.877. The number of nitrogens with one attached hydrogen (secondary N) is 2. The molecule has 1 saturated heterocycles. The molecule has 126 valence electrons. The van der Waals surface area contributed by atoms with Gasteiger partial charge in [0, 0.05) is 31.3 Å². The van der Waals surface area contributed by atoms with E-state index in [4.69, 9.17) is 0 Å². The molecule has 2 N–H and O–H groups in total. The van der Waals surface area contributed by atoms with E-state index in [0.717, 1.165) is 30.9 Å². The fourth-order valence-corrected chi connectivity index (χ4v) is 3.14. The highest BCUT2D eigenvalue weighted by molar-refractivity contribution is 5.97. The molecule has 1 aliphatic rings. The molecule has 5 heteroatoms. The van der Waals surface area contributed by atoms with Crippen LogP contribution in [0.15, 0.2) is 18.2 Å². The van der Waals surface area contributed by atoms with Crippen molar-refractivity contribution in [1.29, 1.82) is 0 Å². The van der Waals surface area contributed by atoms with Gasteiger partial charge in [0.2, 0.25) is 5.91 Å². The van der Waals surface area contributed by atoms with Crippen LogP contribution >= 0.6 is 0 Å². The lowest BCUT2D eigenvalue weighted by Crippen LogP contribution is -2.40. The number of nitrogens with zero attached hydrogens (tertiary/aromatic N) is 1. The summed E-state index contributed by atoms with van der Waals surface area (Å²) in [6.45, 7) is 9.58. The summed E-state index contributed by atoms with van der Waals surface area (Å²) in [5, 5.41) is 5.79. The van der Waals surface area contributed by atoms with Gasteiger partial charge in [-0.3, -0.25) is 9.59 Å². The summed E-state index contributed by atoms with van der Waals surface area (Å²) in [6, 6.07) is 5.37. The van der Waals surface area contributed by atoms with Crippen LogP contribution in [0.5, 0.6) is 0 Å². The van der Waals surface area contributed by atoms with Crippen LogP contribution in [0.1, 0.15) is 42.6 Å². The minimum Gasteiger partial charge on any atom is -0.352 e. The lowest BCUT2D eigenvalue weighted by atomic mass is 9.97. The number of anilines is 1. The van der Waals surface area contributed by atoms with E-state index in [0.29, 0.717) is 11.5 Å². The number of rotatable bonds is 5. The second-order valence-corrected chi connectivity index (χ2v) is 6.32. The molecule has 2 amide bonds. The van der Waals surface area contributed by atoms with Crippen LogP contribution in [-0.2, 0) is 4.79 Å². The standard InChI is InChI=1S/C18H27N3O2/c1-4-21-9-5-6-15(12-21)11-19-18(23)17-8-7-16(10-13(17)2)20-14(3)22/h7-8,10,15H,4-6,9,11-12H2,1-3H3,(H,19,23)(H,20,22)/t15-/m1/s1. The highest BCUT2D eigenvalue weighted by Crippen LogP contribution is 2.17. The Labute approximate surface area is 138 Å². The van der Waals surface area contributed by atoms with Gasteiger partial charge >= 0.3 is 0 Å². The van der Waals surface area contributed by atoms with Crippen LogP contribution in [0, 0.1) is 12.8 Å². The highest BCUT2D eigenvalue weighted by Gasteiger charge is 2.19. The Kier molecular flexibility index (Phi) is 6.16. The summed E-state index contributed by atoms with van der Waals surface area (Å²) < 4.78 is 0. The zero-order valence-electron chi connectivity index (χ0n) is 14.3. The Bertz CT molecular complexity index is 571. The highest BCUT2D eigenvalue weighted by atomic mass is 16.2. The predicted octanol–water partition coefficient (Wildman–Crippen LogP) is 2.42. The average molecular weight is 317 g/mol. The van der Waals surface area contributed by atoms with Crippen molar-refractivity contribution in [1.82, 2.24) is 10.2 Å². The molecule has 0 saturated carbocycles. The van der Waals surface area contributed by atoms with Gasteiger partial charge in [-0.1, -0.05) is 6.92 Å². The van der Waals surface area contributed by atoms with E-state index in [1.807, 2.05) is 13.0 Å². The fourth-order valence-electron chi connectivity index (χ4n) is 3.14. The molecule has 1 aromatic carbocycles. The maximum absolute atomic E-state index is 12.4. The second kappa shape index (κ2) is 8.11. The number of hydrogen-bond donors (Lipinski definition) is 2. The van der Waals surface area contributed by atoms with Crippen molar-refractivity contribution in [3.05, 3.63) is 29.3 Å². The molecule has 1 aromatic rings. The van der Waals surface area contributed by atoms with Gasteiger partial charge in [-0.2, -0.15) is 0 Å². The second-order valence-electron chi connectivity index (χ2n) is 6.32. The van der Waals surface area contributed by atoms with Crippen LogP contribution in [-0.4, -0.2) is 42.9 Å². The minimum atomic E-state index is -0.112.